The Balaban J connectivity index is 1.84. The number of carbonyl (C=O) groups excluding carboxylic acids is 2. The largest absolute Gasteiger partial charge is 0.460 e. The summed E-state index contributed by atoms with van der Waals surface area (Å²) in [5.41, 5.74) is -2.08. The summed E-state index contributed by atoms with van der Waals surface area (Å²) in [5, 5.41) is 25.0. The van der Waals surface area contributed by atoms with Gasteiger partial charge in [0.1, 0.15) is 19.2 Å². The Hall–Kier alpha value is -4.87. The number of hydrogen-bond acceptors (Lipinski definition) is 8. The summed E-state index contributed by atoms with van der Waals surface area (Å²) in [4.78, 5) is 57.7. The molecule has 0 spiro atoms. The van der Waals surface area contributed by atoms with Crippen LogP contribution in [0.5, 0.6) is 0 Å². The minimum Gasteiger partial charge on any atom is -0.460 e. The zero-order valence-corrected chi connectivity index (χ0v) is 18.2. The molecule has 0 aliphatic rings. The van der Waals surface area contributed by atoms with E-state index in [1.165, 1.54) is 0 Å². The van der Waals surface area contributed by atoms with Crippen LogP contribution in [0.3, 0.4) is 0 Å². The van der Waals surface area contributed by atoms with Gasteiger partial charge in [-0.1, -0.05) is 60.7 Å². The number of esters is 1. The number of nitro groups is 2. The van der Waals surface area contributed by atoms with Crippen LogP contribution >= 0.6 is 0 Å². The molecule has 1 aromatic heterocycles. The molecular weight excluding hydrogens is 460 g/mol. The molecule has 1 amide bonds. The standard InChI is InChI=1S/C23H20N4O8/c28-21(35-15-17-9-5-2-6-10-17)12-24-23(30)18(11-16-7-3-1-4-8-16)25-13-19(26(31)32)22(29)20(14-25)27(33)34/h1-10,13-14,18H,11-12,15H2,(H,24,30)/t18-/m1/s1. The van der Waals surface area contributed by atoms with Crippen molar-refractivity contribution >= 4 is 23.3 Å². The van der Waals surface area contributed by atoms with E-state index in [0.29, 0.717) is 5.56 Å². The second-order valence-corrected chi connectivity index (χ2v) is 7.39. The molecule has 0 bridgehead atoms. The van der Waals surface area contributed by atoms with Crippen molar-refractivity contribution in [3.8, 4) is 0 Å². The summed E-state index contributed by atoms with van der Waals surface area (Å²) < 4.78 is 6.06. The lowest BCUT2D eigenvalue weighted by Gasteiger charge is -2.20. The first kappa shape index (κ1) is 24.8. The lowest BCUT2D eigenvalue weighted by molar-refractivity contribution is -0.397. The van der Waals surface area contributed by atoms with E-state index < -0.39 is 51.1 Å². The number of nitrogens with zero attached hydrogens (tertiary/aromatic N) is 3. The van der Waals surface area contributed by atoms with E-state index in [4.69, 9.17) is 4.74 Å². The first-order chi connectivity index (χ1) is 16.8. The van der Waals surface area contributed by atoms with Crippen LogP contribution in [-0.4, -0.2) is 32.8 Å². The van der Waals surface area contributed by atoms with E-state index >= 15 is 0 Å². The Morgan fingerprint density at radius 1 is 0.886 bits per heavy atom. The van der Waals surface area contributed by atoms with Gasteiger partial charge in [-0.05, 0) is 11.1 Å². The summed E-state index contributed by atoms with van der Waals surface area (Å²) in [5.74, 6) is -1.48. The van der Waals surface area contributed by atoms with E-state index in [0.717, 1.165) is 22.5 Å². The Morgan fingerprint density at radius 2 is 1.40 bits per heavy atom. The fourth-order valence-corrected chi connectivity index (χ4v) is 3.25. The second kappa shape index (κ2) is 11.3. The highest BCUT2D eigenvalue weighted by molar-refractivity contribution is 5.85. The maximum absolute atomic E-state index is 13.0. The Bertz CT molecular complexity index is 1250. The summed E-state index contributed by atoms with van der Waals surface area (Å²) in [6.07, 6.45) is 1.52. The molecule has 0 saturated carbocycles. The molecule has 3 aromatic rings. The fourth-order valence-electron chi connectivity index (χ4n) is 3.25. The summed E-state index contributed by atoms with van der Waals surface area (Å²) >= 11 is 0. The third kappa shape index (κ3) is 6.57. The van der Waals surface area contributed by atoms with E-state index in [1.807, 2.05) is 6.07 Å². The van der Waals surface area contributed by atoms with Crippen molar-refractivity contribution in [1.82, 2.24) is 9.88 Å². The number of carbonyl (C=O) groups is 2. The number of ether oxygens (including phenoxy) is 1. The molecule has 0 radical (unpaired) electrons. The normalized spacial score (nSPS) is 11.3. The average Bonchev–Trinajstić information content (AvgIpc) is 2.85. The molecular formula is C23H20N4O8. The predicted molar refractivity (Wildman–Crippen MR) is 122 cm³/mol. The predicted octanol–water partition coefficient (Wildman–Crippen LogP) is 2.31. The number of hydrogen-bond donors (Lipinski definition) is 1. The third-order valence-corrected chi connectivity index (χ3v) is 4.99. The van der Waals surface area contributed by atoms with Crippen LogP contribution in [0.4, 0.5) is 11.4 Å². The highest BCUT2D eigenvalue weighted by Gasteiger charge is 2.29. The van der Waals surface area contributed by atoms with Crippen molar-refractivity contribution in [2.24, 2.45) is 0 Å². The Morgan fingerprint density at radius 3 is 1.91 bits per heavy atom. The van der Waals surface area contributed by atoms with Crippen LogP contribution in [0.2, 0.25) is 0 Å². The van der Waals surface area contributed by atoms with Gasteiger partial charge in [-0.2, -0.15) is 0 Å². The van der Waals surface area contributed by atoms with Crippen LogP contribution in [0.15, 0.2) is 77.9 Å². The van der Waals surface area contributed by atoms with Crippen LogP contribution in [0.25, 0.3) is 0 Å². The van der Waals surface area contributed by atoms with E-state index in [9.17, 15) is 34.6 Å². The quantitative estimate of drug-likeness (QED) is 0.262. The van der Waals surface area contributed by atoms with Crippen molar-refractivity contribution in [1.29, 1.82) is 0 Å². The molecule has 0 saturated heterocycles. The van der Waals surface area contributed by atoms with Gasteiger partial charge in [0.05, 0.1) is 22.2 Å². The van der Waals surface area contributed by atoms with Gasteiger partial charge in [-0.15, -0.1) is 0 Å². The van der Waals surface area contributed by atoms with Crippen LogP contribution < -0.4 is 10.7 Å². The van der Waals surface area contributed by atoms with E-state index in [-0.39, 0.29) is 13.0 Å². The summed E-state index contributed by atoms with van der Waals surface area (Å²) in [7, 11) is 0. The first-order valence-electron chi connectivity index (χ1n) is 10.3. The summed E-state index contributed by atoms with van der Waals surface area (Å²) in [6, 6.07) is 16.2. The number of amides is 1. The molecule has 0 aliphatic heterocycles. The molecule has 180 valence electrons. The molecule has 1 atom stereocenters. The topological polar surface area (TPSA) is 164 Å². The second-order valence-electron chi connectivity index (χ2n) is 7.39. The van der Waals surface area contributed by atoms with Gasteiger partial charge in [-0.25, -0.2) is 0 Å². The Kier molecular flexibility index (Phi) is 8.01. The van der Waals surface area contributed by atoms with Crippen LogP contribution in [0, 0.1) is 20.2 Å². The van der Waals surface area contributed by atoms with Crippen molar-refractivity contribution in [2.45, 2.75) is 19.1 Å². The number of nitrogens with one attached hydrogen (secondary N) is 1. The molecule has 2 aromatic carbocycles. The molecule has 1 heterocycles. The number of rotatable bonds is 10. The van der Waals surface area contributed by atoms with Gasteiger partial charge in [0.2, 0.25) is 5.91 Å². The minimum atomic E-state index is -1.38. The van der Waals surface area contributed by atoms with E-state index in [1.54, 1.807) is 54.6 Å². The smallest absolute Gasteiger partial charge is 0.339 e. The monoisotopic (exact) mass is 480 g/mol. The molecule has 12 heteroatoms. The zero-order chi connectivity index (χ0) is 25.4. The van der Waals surface area contributed by atoms with Crippen LogP contribution in [0.1, 0.15) is 17.2 Å². The van der Waals surface area contributed by atoms with Crippen molar-refractivity contribution in [3.05, 3.63) is 115 Å². The molecule has 0 unspecified atom stereocenters. The van der Waals surface area contributed by atoms with Gasteiger partial charge >= 0.3 is 22.8 Å². The SMILES string of the molecule is O=C(CNC(=O)[C@@H](Cc1ccccc1)n1cc([N+](=O)[O-])c(=O)c([N+](=O)[O-])c1)OCc1ccccc1. The van der Waals surface area contributed by atoms with Crippen molar-refractivity contribution in [3.63, 3.8) is 0 Å². The maximum Gasteiger partial charge on any atom is 0.339 e. The third-order valence-electron chi connectivity index (χ3n) is 4.99. The minimum absolute atomic E-state index is 0.00108. The lowest BCUT2D eigenvalue weighted by Crippen LogP contribution is -2.38. The molecule has 3 rings (SSSR count). The number of pyridine rings is 1. The zero-order valence-electron chi connectivity index (χ0n) is 18.2. The van der Waals surface area contributed by atoms with Gasteiger partial charge in [0.15, 0.2) is 0 Å². The summed E-state index contributed by atoms with van der Waals surface area (Å²) in [6.45, 7) is -0.498. The average molecular weight is 480 g/mol. The molecule has 35 heavy (non-hydrogen) atoms. The lowest BCUT2D eigenvalue weighted by atomic mass is 10.0. The van der Waals surface area contributed by atoms with Gasteiger partial charge < -0.3 is 14.6 Å². The van der Waals surface area contributed by atoms with Crippen molar-refractivity contribution < 1.29 is 24.2 Å². The van der Waals surface area contributed by atoms with Gasteiger partial charge in [0.25, 0.3) is 0 Å². The highest BCUT2D eigenvalue weighted by Crippen LogP contribution is 2.20. The van der Waals surface area contributed by atoms with Gasteiger partial charge in [0, 0.05) is 6.42 Å². The first-order valence-corrected chi connectivity index (χ1v) is 10.3. The fraction of sp³-hybridized carbons (Fsp3) is 0.174. The van der Waals surface area contributed by atoms with Crippen LogP contribution in [-0.2, 0) is 27.4 Å². The maximum atomic E-state index is 13.0. The van der Waals surface area contributed by atoms with E-state index in [2.05, 4.69) is 5.32 Å². The van der Waals surface area contributed by atoms with Gasteiger partial charge in [-0.3, -0.25) is 34.6 Å². The van der Waals surface area contributed by atoms with Crippen molar-refractivity contribution in [2.75, 3.05) is 6.54 Å². The number of aromatic nitrogens is 1. The number of benzene rings is 2. The Labute approximate surface area is 198 Å². The molecule has 0 aliphatic carbocycles. The molecule has 1 N–H and O–H groups in total. The highest BCUT2D eigenvalue weighted by atomic mass is 16.6. The molecule has 12 nitrogen and oxygen atoms in total. The molecule has 0 fully saturated rings.